The first-order valence-electron chi connectivity index (χ1n) is 9.08. The van der Waals surface area contributed by atoms with Gasteiger partial charge in [0.25, 0.3) is 0 Å². The first-order chi connectivity index (χ1) is 12.1. The molecule has 0 amide bonds. The molecule has 25 heavy (non-hydrogen) atoms. The molecule has 0 saturated heterocycles. The predicted molar refractivity (Wildman–Crippen MR) is 107 cm³/mol. The fraction of sp³-hybridized carbons (Fsp3) is 0.381. The third kappa shape index (κ3) is 3.88. The molecular weight excluding hydrogens is 330 g/mol. The van der Waals surface area contributed by atoms with Crippen molar-refractivity contribution in [1.29, 1.82) is 0 Å². The van der Waals surface area contributed by atoms with Crippen LogP contribution in [0.5, 0.6) is 0 Å². The van der Waals surface area contributed by atoms with Crippen LogP contribution in [-0.4, -0.2) is 34.1 Å². The lowest BCUT2D eigenvalue weighted by atomic mass is 10.1. The lowest BCUT2D eigenvalue weighted by Gasteiger charge is -2.18. The van der Waals surface area contributed by atoms with Gasteiger partial charge in [-0.25, -0.2) is 4.98 Å². The molecule has 0 N–H and O–H groups in total. The number of benzene rings is 2. The van der Waals surface area contributed by atoms with Crippen molar-refractivity contribution in [3.8, 4) is 11.4 Å². The molecule has 132 valence electrons. The maximum atomic E-state index is 6.19. The third-order valence-corrected chi connectivity index (χ3v) is 5.08. The smallest absolute Gasteiger partial charge is 0.141 e. The molecule has 1 heterocycles. The summed E-state index contributed by atoms with van der Waals surface area (Å²) in [6.45, 7) is 10.8. The molecule has 2 aromatic carbocycles. The normalized spacial score (nSPS) is 11.6. The Balaban J connectivity index is 1.99. The average molecular weight is 356 g/mol. The van der Waals surface area contributed by atoms with Crippen molar-refractivity contribution in [2.24, 2.45) is 0 Å². The molecule has 0 spiro atoms. The van der Waals surface area contributed by atoms with Gasteiger partial charge in [0.1, 0.15) is 5.82 Å². The maximum absolute atomic E-state index is 6.19. The van der Waals surface area contributed by atoms with Gasteiger partial charge in [-0.05, 0) is 56.7 Å². The van der Waals surface area contributed by atoms with Crippen LogP contribution in [0.4, 0.5) is 0 Å². The summed E-state index contributed by atoms with van der Waals surface area (Å²) in [6, 6.07) is 14.4. The van der Waals surface area contributed by atoms with Crippen molar-refractivity contribution < 1.29 is 0 Å². The fourth-order valence-electron chi connectivity index (χ4n) is 3.35. The van der Waals surface area contributed by atoms with Gasteiger partial charge < -0.3 is 9.47 Å². The molecule has 0 bridgehead atoms. The fourth-order valence-corrected chi connectivity index (χ4v) is 3.52. The first kappa shape index (κ1) is 18.0. The first-order valence-corrected chi connectivity index (χ1v) is 9.46. The molecule has 0 aliphatic carbocycles. The quantitative estimate of drug-likeness (QED) is 0.566. The molecule has 0 unspecified atom stereocenters. The highest BCUT2D eigenvalue weighted by Gasteiger charge is 2.14. The topological polar surface area (TPSA) is 21.1 Å². The number of rotatable bonds is 7. The van der Waals surface area contributed by atoms with E-state index in [1.165, 1.54) is 11.1 Å². The van der Waals surface area contributed by atoms with E-state index in [9.17, 15) is 0 Å². The van der Waals surface area contributed by atoms with E-state index >= 15 is 0 Å². The molecule has 0 aliphatic rings. The van der Waals surface area contributed by atoms with Crippen LogP contribution in [0, 0.1) is 6.92 Å². The van der Waals surface area contributed by atoms with E-state index in [1.54, 1.807) is 0 Å². The zero-order valence-corrected chi connectivity index (χ0v) is 16.1. The largest absolute Gasteiger partial charge is 0.324 e. The summed E-state index contributed by atoms with van der Waals surface area (Å²) in [5, 5.41) is 0.733. The van der Waals surface area contributed by atoms with Crippen molar-refractivity contribution in [3.63, 3.8) is 0 Å². The van der Waals surface area contributed by atoms with Crippen molar-refractivity contribution >= 4 is 22.6 Å². The van der Waals surface area contributed by atoms with Crippen LogP contribution < -0.4 is 0 Å². The molecule has 0 atom stereocenters. The monoisotopic (exact) mass is 355 g/mol. The van der Waals surface area contributed by atoms with Gasteiger partial charge in [-0.1, -0.05) is 49.7 Å². The second-order valence-corrected chi connectivity index (χ2v) is 6.85. The minimum Gasteiger partial charge on any atom is -0.324 e. The number of imidazole rings is 1. The Kier molecular flexibility index (Phi) is 5.77. The summed E-state index contributed by atoms with van der Waals surface area (Å²) >= 11 is 6.19. The molecular formula is C21H26ClN3. The van der Waals surface area contributed by atoms with Crippen LogP contribution in [0.15, 0.2) is 42.5 Å². The van der Waals surface area contributed by atoms with Crippen LogP contribution in [-0.2, 0) is 6.54 Å². The van der Waals surface area contributed by atoms with Crippen LogP contribution >= 0.6 is 11.6 Å². The highest BCUT2D eigenvalue weighted by molar-refractivity contribution is 6.31. The van der Waals surface area contributed by atoms with Gasteiger partial charge in [0.2, 0.25) is 0 Å². The highest BCUT2D eigenvalue weighted by atomic mass is 35.5. The second kappa shape index (κ2) is 8.03. The molecule has 3 nitrogen and oxygen atoms in total. The highest BCUT2D eigenvalue weighted by Crippen LogP contribution is 2.29. The molecule has 3 rings (SSSR count). The average Bonchev–Trinajstić information content (AvgIpc) is 2.96. The van der Waals surface area contributed by atoms with Crippen molar-refractivity contribution in [1.82, 2.24) is 14.5 Å². The molecule has 0 radical (unpaired) electrons. The molecule has 0 aliphatic heterocycles. The Morgan fingerprint density at radius 2 is 1.84 bits per heavy atom. The minimum atomic E-state index is 0.733. The number of hydrogen-bond donors (Lipinski definition) is 0. The minimum absolute atomic E-state index is 0.733. The van der Waals surface area contributed by atoms with Gasteiger partial charge in [-0.15, -0.1) is 0 Å². The van der Waals surface area contributed by atoms with Gasteiger partial charge in [0.15, 0.2) is 0 Å². The van der Waals surface area contributed by atoms with E-state index in [0.717, 1.165) is 54.5 Å². The molecule has 4 heteroatoms. The zero-order valence-electron chi connectivity index (χ0n) is 15.3. The van der Waals surface area contributed by atoms with Crippen molar-refractivity contribution in [2.75, 3.05) is 19.6 Å². The lowest BCUT2D eigenvalue weighted by Crippen LogP contribution is -2.24. The van der Waals surface area contributed by atoms with E-state index in [1.807, 2.05) is 12.1 Å². The summed E-state index contributed by atoms with van der Waals surface area (Å²) in [7, 11) is 0. The van der Waals surface area contributed by atoms with Gasteiger partial charge in [0.05, 0.1) is 11.0 Å². The zero-order chi connectivity index (χ0) is 17.8. The van der Waals surface area contributed by atoms with E-state index in [-0.39, 0.29) is 0 Å². The van der Waals surface area contributed by atoms with E-state index in [0.29, 0.717) is 0 Å². The van der Waals surface area contributed by atoms with E-state index in [4.69, 9.17) is 16.6 Å². The van der Waals surface area contributed by atoms with Crippen LogP contribution in [0.3, 0.4) is 0 Å². The van der Waals surface area contributed by atoms with Crippen LogP contribution in [0.1, 0.15) is 25.8 Å². The number of halogens is 1. The van der Waals surface area contributed by atoms with E-state index < -0.39 is 0 Å². The third-order valence-electron chi connectivity index (χ3n) is 4.85. The lowest BCUT2D eigenvalue weighted by molar-refractivity contribution is 0.294. The Labute approximate surface area is 155 Å². The van der Waals surface area contributed by atoms with Crippen LogP contribution in [0.2, 0.25) is 5.02 Å². The van der Waals surface area contributed by atoms with Crippen molar-refractivity contribution in [3.05, 3.63) is 53.1 Å². The Morgan fingerprint density at radius 3 is 2.56 bits per heavy atom. The maximum Gasteiger partial charge on any atom is 0.141 e. The number of fused-ring (bicyclic) bond motifs is 1. The van der Waals surface area contributed by atoms with Gasteiger partial charge in [-0.2, -0.15) is 0 Å². The second-order valence-electron chi connectivity index (χ2n) is 6.42. The summed E-state index contributed by atoms with van der Waals surface area (Å²) in [5.74, 6) is 1.04. The Hall–Kier alpha value is -1.84. The molecule has 0 fully saturated rings. The van der Waals surface area contributed by atoms with Crippen LogP contribution in [0.25, 0.3) is 22.4 Å². The number of hydrogen-bond acceptors (Lipinski definition) is 2. The van der Waals surface area contributed by atoms with Gasteiger partial charge in [-0.3, -0.25) is 0 Å². The molecule has 0 saturated carbocycles. The Bertz CT molecular complexity index is 849. The molecule has 3 aromatic rings. The van der Waals surface area contributed by atoms with E-state index in [2.05, 4.69) is 60.6 Å². The standard InChI is InChI=1S/C21H26ClN3/c1-4-24(5-2)13-8-14-25-20-12-11-17(22)15-19(20)23-21(25)18-10-7-6-9-16(18)3/h6-7,9-12,15H,4-5,8,13-14H2,1-3H3. The number of aromatic nitrogens is 2. The number of nitrogens with zero attached hydrogens (tertiary/aromatic N) is 3. The van der Waals surface area contributed by atoms with Gasteiger partial charge in [0, 0.05) is 17.1 Å². The SMILES string of the molecule is CCN(CC)CCCn1c(-c2ccccc2C)nc2cc(Cl)ccc21. The summed E-state index contributed by atoms with van der Waals surface area (Å²) in [5.41, 5.74) is 4.56. The summed E-state index contributed by atoms with van der Waals surface area (Å²) < 4.78 is 2.34. The summed E-state index contributed by atoms with van der Waals surface area (Å²) in [6.07, 6.45) is 1.11. The Morgan fingerprint density at radius 1 is 1.08 bits per heavy atom. The predicted octanol–water partition coefficient (Wildman–Crippen LogP) is 5.40. The van der Waals surface area contributed by atoms with Gasteiger partial charge >= 0.3 is 0 Å². The number of aryl methyl sites for hydroxylation is 2. The molecule has 1 aromatic heterocycles. The van der Waals surface area contributed by atoms with Crippen molar-refractivity contribution in [2.45, 2.75) is 33.7 Å². The summed E-state index contributed by atoms with van der Waals surface area (Å²) in [4.78, 5) is 7.37.